The van der Waals surface area contributed by atoms with Crippen LogP contribution in [0.5, 0.6) is 0 Å². The van der Waals surface area contributed by atoms with Gasteiger partial charge in [-0.2, -0.15) is 0 Å². The van der Waals surface area contributed by atoms with Crippen molar-refractivity contribution in [2.45, 2.75) is 57.9 Å². The molecule has 2 aliphatic rings. The van der Waals surface area contributed by atoms with Crippen molar-refractivity contribution in [3.8, 4) is 0 Å². The Hall–Kier alpha value is -0.570. The van der Waals surface area contributed by atoms with E-state index >= 15 is 0 Å². The fraction of sp³-hybridized carbons (Fsp3) is 0.933. The molecule has 1 amide bonds. The molecule has 1 aliphatic heterocycles. The van der Waals surface area contributed by atoms with Crippen molar-refractivity contribution in [1.29, 1.82) is 0 Å². The number of nitrogens with zero attached hydrogens (tertiary/aromatic N) is 1. The van der Waals surface area contributed by atoms with E-state index in [-0.39, 0.29) is 5.54 Å². The summed E-state index contributed by atoms with van der Waals surface area (Å²) in [5, 5.41) is 3.45. The van der Waals surface area contributed by atoms with Crippen LogP contribution in [0.4, 0.5) is 0 Å². The molecule has 2 atom stereocenters. The molecule has 1 saturated heterocycles. The van der Waals surface area contributed by atoms with Gasteiger partial charge in [-0.15, -0.1) is 0 Å². The third-order valence-corrected chi connectivity index (χ3v) is 5.17. The van der Waals surface area contributed by atoms with Crippen molar-refractivity contribution in [2.75, 3.05) is 20.1 Å². The van der Waals surface area contributed by atoms with Crippen molar-refractivity contribution in [3.05, 3.63) is 0 Å². The first kappa shape index (κ1) is 13.9. The maximum Gasteiger partial charge on any atom is 0.224 e. The zero-order valence-corrected chi connectivity index (χ0v) is 12.2. The Labute approximate surface area is 111 Å². The van der Waals surface area contributed by atoms with Gasteiger partial charge in [0.25, 0.3) is 0 Å². The van der Waals surface area contributed by atoms with Gasteiger partial charge in [0, 0.05) is 25.0 Å². The van der Waals surface area contributed by atoms with E-state index in [0.717, 1.165) is 25.9 Å². The molecule has 1 aliphatic carbocycles. The lowest BCUT2D eigenvalue weighted by molar-refractivity contribution is -0.132. The summed E-state index contributed by atoms with van der Waals surface area (Å²) in [6.45, 7) is 6.43. The SMILES string of the molecule is CNC1(CC(=O)N2CC(C)C(C)C2)CCCCC1. The molecule has 2 fully saturated rings. The van der Waals surface area contributed by atoms with E-state index < -0.39 is 0 Å². The molecule has 1 saturated carbocycles. The van der Waals surface area contributed by atoms with Crippen molar-refractivity contribution >= 4 is 5.91 Å². The highest BCUT2D eigenvalue weighted by molar-refractivity contribution is 5.77. The number of hydrogen-bond acceptors (Lipinski definition) is 2. The highest BCUT2D eigenvalue weighted by atomic mass is 16.2. The van der Waals surface area contributed by atoms with Crippen molar-refractivity contribution in [2.24, 2.45) is 11.8 Å². The standard InChI is InChI=1S/C15H28N2O/c1-12-10-17(11-13(12)2)14(18)9-15(16-3)7-5-4-6-8-15/h12-13,16H,4-11H2,1-3H3. The van der Waals surface area contributed by atoms with E-state index in [2.05, 4.69) is 24.1 Å². The highest BCUT2D eigenvalue weighted by Gasteiger charge is 2.36. The lowest BCUT2D eigenvalue weighted by Gasteiger charge is -2.37. The first-order chi connectivity index (χ1) is 8.56. The van der Waals surface area contributed by atoms with Crippen LogP contribution in [-0.2, 0) is 4.79 Å². The van der Waals surface area contributed by atoms with Gasteiger partial charge in [0.05, 0.1) is 0 Å². The molecule has 1 N–H and O–H groups in total. The smallest absolute Gasteiger partial charge is 0.224 e. The summed E-state index contributed by atoms with van der Waals surface area (Å²) in [5.74, 6) is 1.68. The number of carbonyl (C=O) groups excluding carboxylic acids is 1. The number of rotatable bonds is 3. The van der Waals surface area contributed by atoms with Crippen LogP contribution in [0.2, 0.25) is 0 Å². The fourth-order valence-electron chi connectivity index (χ4n) is 3.48. The van der Waals surface area contributed by atoms with Crippen LogP contribution in [0.15, 0.2) is 0 Å². The normalized spacial score (nSPS) is 31.6. The highest BCUT2D eigenvalue weighted by Crippen LogP contribution is 2.32. The third-order valence-electron chi connectivity index (χ3n) is 5.17. The van der Waals surface area contributed by atoms with Crippen LogP contribution < -0.4 is 5.32 Å². The Morgan fingerprint density at radius 2 is 1.72 bits per heavy atom. The van der Waals surface area contributed by atoms with E-state index in [1.165, 1.54) is 19.3 Å². The molecule has 2 unspecified atom stereocenters. The summed E-state index contributed by atoms with van der Waals surface area (Å²) in [5.41, 5.74) is 0.0877. The maximum atomic E-state index is 12.5. The Balaban J connectivity index is 1.93. The van der Waals surface area contributed by atoms with E-state index in [4.69, 9.17) is 0 Å². The van der Waals surface area contributed by atoms with Gasteiger partial charge >= 0.3 is 0 Å². The predicted octanol–water partition coefficient (Wildman–Crippen LogP) is 2.41. The second-order valence-electron chi connectivity index (χ2n) is 6.52. The first-order valence-electron chi connectivity index (χ1n) is 7.53. The van der Waals surface area contributed by atoms with E-state index in [0.29, 0.717) is 24.2 Å². The van der Waals surface area contributed by atoms with Gasteiger partial charge in [-0.05, 0) is 31.7 Å². The molecule has 2 rings (SSSR count). The second-order valence-corrected chi connectivity index (χ2v) is 6.52. The molecule has 0 aromatic rings. The molecule has 18 heavy (non-hydrogen) atoms. The molecule has 0 aromatic carbocycles. The summed E-state index contributed by atoms with van der Waals surface area (Å²) in [6.07, 6.45) is 6.88. The zero-order chi connectivity index (χ0) is 13.2. The first-order valence-corrected chi connectivity index (χ1v) is 7.53. The molecule has 104 valence electrons. The maximum absolute atomic E-state index is 12.5. The Morgan fingerprint density at radius 3 is 2.22 bits per heavy atom. The Bertz CT molecular complexity index is 287. The minimum Gasteiger partial charge on any atom is -0.342 e. The van der Waals surface area contributed by atoms with Crippen LogP contribution in [0.25, 0.3) is 0 Å². The van der Waals surface area contributed by atoms with Crippen LogP contribution in [0, 0.1) is 11.8 Å². The van der Waals surface area contributed by atoms with Gasteiger partial charge in [0.2, 0.25) is 5.91 Å². The van der Waals surface area contributed by atoms with Gasteiger partial charge in [0.1, 0.15) is 0 Å². The summed E-state index contributed by atoms with van der Waals surface area (Å²) >= 11 is 0. The molecule has 0 spiro atoms. The lowest BCUT2D eigenvalue weighted by Crippen LogP contribution is -2.48. The minimum absolute atomic E-state index is 0.0877. The van der Waals surface area contributed by atoms with E-state index in [1.807, 2.05) is 7.05 Å². The van der Waals surface area contributed by atoms with Crippen molar-refractivity contribution in [1.82, 2.24) is 10.2 Å². The van der Waals surface area contributed by atoms with Crippen LogP contribution in [0.3, 0.4) is 0 Å². The van der Waals surface area contributed by atoms with Crippen LogP contribution >= 0.6 is 0 Å². The van der Waals surface area contributed by atoms with Crippen molar-refractivity contribution < 1.29 is 4.79 Å². The second kappa shape index (κ2) is 5.60. The monoisotopic (exact) mass is 252 g/mol. The number of carbonyl (C=O) groups is 1. The van der Waals surface area contributed by atoms with Gasteiger partial charge in [0.15, 0.2) is 0 Å². The molecule has 0 radical (unpaired) electrons. The largest absolute Gasteiger partial charge is 0.342 e. The summed E-state index contributed by atoms with van der Waals surface area (Å²) in [6, 6.07) is 0. The molecular weight excluding hydrogens is 224 g/mol. The third kappa shape index (κ3) is 2.87. The summed E-state index contributed by atoms with van der Waals surface area (Å²) in [7, 11) is 2.02. The number of likely N-dealkylation sites (tertiary alicyclic amines) is 1. The Morgan fingerprint density at radius 1 is 1.17 bits per heavy atom. The minimum atomic E-state index is 0.0877. The number of nitrogens with one attached hydrogen (secondary N) is 1. The lowest BCUT2D eigenvalue weighted by atomic mass is 9.79. The quantitative estimate of drug-likeness (QED) is 0.836. The van der Waals surface area contributed by atoms with E-state index in [1.54, 1.807) is 0 Å². The van der Waals surface area contributed by atoms with Gasteiger partial charge in [-0.1, -0.05) is 33.1 Å². The van der Waals surface area contributed by atoms with E-state index in [9.17, 15) is 4.79 Å². The van der Waals surface area contributed by atoms with Crippen LogP contribution in [-0.4, -0.2) is 36.5 Å². The van der Waals surface area contributed by atoms with Crippen molar-refractivity contribution in [3.63, 3.8) is 0 Å². The molecule has 3 nitrogen and oxygen atoms in total. The summed E-state index contributed by atoms with van der Waals surface area (Å²) in [4.78, 5) is 14.5. The van der Waals surface area contributed by atoms with Crippen LogP contribution in [0.1, 0.15) is 52.4 Å². The Kier molecular flexibility index (Phi) is 4.31. The summed E-state index contributed by atoms with van der Waals surface area (Å²) < 4.78 is 0. The average Bonchev–Trinajstić information content (AvgIpc) is 2.71. The fourth-order valence-corrected chi connectivity index (χ4v) is 3.48. The number of amides is 1. The molecule has 3 heteroatoms. The van der Waals surface area contributed by atoms with Gasteiger partial charge in [-0.3, -0.25) is 4.79 Å². The average molecular weight is 252 g/mol. The number of hydrogen-bond donors (Lipinski definition) is 1. The zero-order valence-electron chi connectivity index (χ0n) is 12.2. The topological polar surface area (TPSA) is 32.3 Å². The van der Waals surface area contributed by atoms with Gasteiger partial charge < -0.3 is 10.2 Å². The predicted molar refractivity (Wildman–Crippen MR) is 74.4 cm³/mol. The molecule has 0 bridgehead atoms. The molecule has 1 heterocycles. The molecular formula is C15H28N2O. The molecule has 0 aromatic heterocycles. The van der Waals surface area contributed by atoms with Gasteiger partial charge in [-0.25, -0.2) is 0 Å².